The summed E-state index contributed by atoms with van der Waals surface area (Å²) in [5.41, 5.74) is 2.47. The van der Waals surface area contributed by atoms with Crippen LogP contribution in [0.25, 0.3) is 27.5 Å². The first kappa shape index (κ1) is 20.3. The third-order valence-electron chi connectivity index (χ3n) is 6.47. The van der Waals surface area contributed by atoms with Crippen LogP contribution >= 0.6 is 0 Å². The third-order valence-corrected chi connectivity index (χ3v) is 6.47. The molecule has 0 spiro atoms. The van der Waals surface area contributed by atoms with Crippen LogP contribution in [0.1, 0.15) is 43.0 Å². The molecule has 32 heavy (non-hydrogen) atoms. The zero-order valence-electron chi connectivity index (χ0n) is 18.2. The van der Waals surface area contributed by atoms with Gasteiger partial charge in [-0.25, -0.2) is 4.68 Å². The van der Waals surface area contributed by atoms with Crippen molar-refractivity contribution >= 4 is 27.7 Å². The van der Waals surface area contributed by atoms with Crippen molar-refractivity contribution in [1.82, 2.24) is 20.1 Å². The fourth-order valence-electron chi connectivity index (χ4n) is 4.49. The van der Waals surface area contributed by atoms with E-state index >= 15 is 0 Å². The normalized spacial score (nSPS) is 18.7. The van der Waals surface area contributed by atoms with E-state index in [1.807, 2.05) is 24.3 Å². The average molecular weight is 431 g/mol. The molecular weight excluding hydrogens is 404 g/mol. The lowest BCUT2D eigenvalue weighted by Crippen LogP contribution is -2.37. The largest absolute Gasteiger partial charge is 0.497 e. The zero-order valence-corrected chi connectivity index (χ0v) is 18.2. The summed E-state index contributed by atoms with van der Waals surface area (Å²) in [7, 11) is 1.60. The van der Waals surface area contributed by atoms with E-state index in [-0.39, 0.29) is 17.5 Å². The average Bonchev–Trinajstić information content (AvgIpc) is 3.17. The van der Waals surface area contributed by atoms with Gasteiger partial charge in [-0.2, -0.15) is 0 Å². The van der Waals surface area contributed by atoms with Gasteiger partial charge in [-0.1, -0.05) is 6.92 Å². The predicted octanol–water partition coefficient (Wildman–Crippen LogP) is 4.18. The molecule has 0 saturated heterocycles. The van der Waals surface area contributed by atoms with Crippen molar-refractivity contribution in [3.63, 3.8) is 0 Å². The molecule has 5 rings (SSSR count). The molecule has 0 bridgehead atoms. The number of nitrogens with zero attached hydrogens (tertiary/aromatic N) is 2. The summed E-state index contributed by atoms with van der Waals surface area (Å²) in [5.74, 6) is 1.36. The van der Waals surface area contributed by atoms with Gasteiger partial charge in [0, 0.05) is 23.2 Å². The van der Waals surface area contributed by atoms with E-state index in [0.717, 1.165) is 42.5 Å². The molecule has 2 N–H and O–H groups in total. The van der Waals surface area contributed by atoms with Crippen LogP contribution in [0, 0.1) is 5.92 Å². The fourth-order valence-corrected chi connectivity index (χ4v) is 4.49. The maximum absolute atomic E-state index is 13.0. The molecule has 2 heterocycles. The number of carbonyl (C=O) groups excluding carboxylic acids is 1. The molecule has 0 atom stereocenters. The summed E-state index contributed by atoms with van der Waals surface area (Å²) < 4.78 is 6.69. The molecular formula is C25H26N4O3. The summed E-state index contributed by atoms with van der Waals surface area (Å²) in [4.78, 5) is 30.4. The van der Waals surface area contributed by atoms with E-state index in [1.54, 1.807) is 31.5 Å². The van der Waals surface area contributed by atoms with Gasteiger partial charge in [0.1, 0.15) is 5.75 Å². The van der Waals surface area contributed by atoms with Crippen LogP contribution in [0.5, 0.6) is 5.75 Å². The van der Waals surface area contributed by atoms with E-state index in [9.17, 15) is 9.59 Å². The topological polar surface area (TPSA) is 89.0 Å². The fraction of sp³-hybridized carbons (Fsp3) is 0.320. The molecule has 0 aliphatic heterocycles. The Labute approximate surface area is 185 Å². The first-order chi connectivity index (χ1) is 15.5. The Morgan fingerprint density at radius 1 is 1.09 bits per heavy atom. The third kappa shape index (κ3) is 3.64. The van der Waals surface area contributed by atoms with Crippen LogP contribution in [-0.4, -0.2) is 33.8 Å². The molecule has 1 amide bonds. The molecule has 2 aromatic heterocycles. The standard InChI is InChI=1S/C25H26N4O3/c1-15-3-6-17(7-4-15)27-24(30)16-5-12-22-20(13-16)23-21(14-26-22)25(31)29(28-23)18-8-10-19(32-2)11-9-18/h5,8-15,17,28H,3-4,6-7H2,1-2H3,(H,27,30). The van der Waals surface area contributed by atoms with E-state index in [0.29, 0.717) is 27.9 Å². The molecule has 2 aromatic carbocycles. The van der Waals surface area contributed by atoms with Crippen LogP contribution in [0.15, 0.2) is 53.5 Å². The van der Waals surface area contributed by atoms with E-state index < -0.39 is 0 Å². The number of amides is 1. The van der Waals surface area contributed by atoms with E-state index in [4.69, 9.17) is 4.74 Å². The van der Waals surface area contributed by atoms with Crippen molar-refractivity contribution in [3.05, 3.63) is 64.6 Å². The molecule has 1 saturated carbocycles. The lowest BCUT2D eigenvalue weighted by molar-refractivity contribution is 0.0923. The number of pyridine rings is 1. The summed E-state index contributed by atoms with van der Waals surface area (Å²) in [5, 5.41) is 7.60. The Kier molecular flexibility index (Phi) is 5.17. The predicted molar refractivity (Wildman–Crippen MR) is 125 cm³/mol. The Morgan fingerprint density at radius 2 is 1.84 bits per heavy atom. The van der Waals surface area contributed by atoms with E-state index in [2.05, 4.69) is 22.3 Å². The lowest BCUT2D eigenvalue weighted by atomic mass is 9.87. The minimum absolute atomic E-state index is 0.0830. The number of ether oxygens (including phenoxy) is 1. The Hall–Kier alpha value is -3.61. The maximum Gasteiger partial charge on any atom is 0.280 e. The number of aromatic nitrogens is 3. The van der Waals surface area contributed by atoms with Crippen molar-refractivity contribution in [2.45, 2.75) is 38.6 Å². The number of carbonyl (C=O) groups is 1. The van der Waals surface area contributed by atoms with Crippen molar-refractivity contribution in [3.8, 4) is 11.4 Å². The first-order valence-electron chi connectivity index (χ1n) is 11.0. The Morgan fingerprint density at radius 3 is 2.56 bits per heavy atom. The van der Waals surface area contributed by atoms with Crippen molar-refractivity contribution < 1.29 is 9.53 Å². The van der Waals surface area contributed by atoms with Gasteiger partial charge in [-0.05, 0) is 74.1 Å². The number of H-pyrrole nitrogens is 1. The van der Waals surface area contributed by atoms with Gasteiger partial charge >= 0.3 is 0 Å². The van der Waals surface area contributed by atoms with Gasteiger partial charge in [-0.15, -0.1) is 0 Å². The molecule has 0 radical (unpaired) electrons. The smallest absolute Gasteiger partial charge is 0.280 e. The highest BCUT2D eigenvalue weighted by atomic mass is 16.5. The summed E-state index contributed by atoms with van der Waals surface area (Å²) >= 11 is 0. The summed E-state index contributed by atoms with van der Waals surface area (Å²) in [6.45, 7) is 2.26. The summed E-state index contributed by atoms with van der Waals surface area (Å²) in [6, 6.07) is 12.9. The molecule has 7 nitrogen and oxygen atoms in total. The molecule has 1 aliphatic carbocycles. The van der Waals surface area contributed by atoms with Gasteiger partial charge in [0.05, 0.1) is 29.2 Å². The first-order valence-corrected chi connectivity index (χ1v) is 11.0. The second kappa shape index (κ2) is 8.15. The number of benzene rings is 2. The highest BCUT2D eigenvalue weighted by molar-refractivity contribution is 6.06. The van der Waals surface area contributed by atoms with Crippen LogP contribution < -0.4 is 15.6 Å². The Balaban J connectivity index is 1.52. The Bertz CT molecular complexity index is 1350. The number of rotatable bonds is 4. The van der Waals surface area contributed by atoms with Crippen molar-refractivity contribution in [1.29, 1.82) is 0 Å². The second-order valence-electron chi connectivity index (χ2n) is 8.66. The van der Waals surface area contributed by atoms with Crippen molar-refractivity contribution in [2.24, 2.45) is 5.92 Å². The van der Waals surface area contributed by atoms with Gasteiger partial charge in [-0.3, -0.25) is 19.7 Å². The van der Waals surface area contributed by atoms with Crippen LogP contribution in [-0.2, 0) is 0 Å². The minimum atomic E-state index is -0.189. The van der Waals surface area contributed by atoms with Gasteiger partial charge in [0.15, 0.2) is 0 Å². The monoisotopic (exact) mass is 430 g/mol. The van der Waals surface area contributed by atoms with Gasteiger partial charge < -0.3 is 10.1 Å². The molecule has 1 fully saturated rings. The van der Waals surface area contributed by atoms with E-state index in [1.165, 1.54) is 4.68 Å². The molecule has 164 valence electrons. The number of hydrogen-bond donors (Lipinski definition) is 2. The number of hydrogen-bond acceptors (Lipinski definition) is 4. The maximum atomic E-state index is 13.0. The summed E-state index contributed by atoms with van der Waals surface area (Å²) in [6.07, 6.45) is 5.91. The van der Waals surface area contributed by atoms with Gasteiger partial charge in [0.2, 0.25) is 0 Å². The van der Waals surface area contributed by atoms with Gasteiger partial charge in [0.25, 0.3) is 11.5 Å². The van der Waals surface area contributed by atoms with Crippen LogP contribution in [0.4, 0.5) is 0 Å². The van der Waals surface area contributed by atoms with Crippen LogP contribution in [0.3, 0.4) is 0 Å². The quantitative estimate of drug-likeness (QED) is 0.508. The SMILES string of the molecule is COc1ccc(-n2[nH]c3c(cnc4ccc(C(=O)NC5CCC(C)CC5)cc43)c2=O)cc1. The minimum Gasteiger partial charge on any atom is -0.497 e. The lowest BCUT2D eigenvalue weighted by Gasteiger charge is -2.26. The highest BCUT2D eigenvalue weighted by Crippen LogP contribution is 2.25. The van der Waals surface area contributed by atoms with Crippen LogP contribution in [0.2, 0.25) is 0 Å². The van der Waals surface area contributed by atoms with Crippen molar-refractivity contribution in [2.75, 3.05) is 7.11 Å². The highest BCUT2D eigenvalue weighted by Gasteiger charge is 2.21. The molecule has 1 aliphatic rings. The molecule has 7 heteroatoms. The number of methoxy groups -OCH3 is 1. The molecule has 0 unspecified atom stereocenters. The number of aromatic amines is 1. The molecule has 4 aromatic rings. The zero-order chi connectivity index (χ0) is 22.2. The second-order valence-corrected chi connectivity index (χ2v) is 8.66. The number of nitrogens with one attached hydrogen (secondary N) is 2. The number of fused-ring (bicyclic) bond motifs is 3.